The first kappa shape index (κ1) is 10.3. The summed E-state index contributed by atoms with van der Waals surface area (Å²) in [5.74, 6) is 0. The zero-order chi connectivity index (χ0) is 10.2. The Kier molecular flexibility index (Phi) is 4.25. The maximum atomic E-state index is 8.29. The van der Waals surface area contributed by atoms with Crippen LogP contribution in [0.5, 0.6) is 0 Å². The van der Waals surface area contributed by atoms with Crippen LogP contribution in [0, 0.1) is 11.3 Å². The van der Waals surface area contributed by atoms with E-state index in [1.54, 1.807) is 0 Å². The molecule has 0 radical (unpaired) electrons. The standard InChI is InChI=1S/C11H12N2O/c12-7-6-11(13)9-14-8-10-4-2-1-3-5-10/h1-6H,8-9,13H2/b11-6-. The van der Waals surface area contributed by atoms with Crippen LogP contribution < -0.4 is 5.73 Å². The van der Waals surface area contributed by atoms with Crippen molar-refractivity contribution in [2.24, 2.45) is 5.73 Å². The molecule has 0 aromatic heterocycles. The Morgan fingerprint density at radius 2 is 2.14 bits per heavy atom. The van der Waals surface area contributed by atoms with Gasteiger partial charge in [-0.2, -0.15) is 5.26 Å². The molecule has 0 saturated carbocycles. The van der Waals surface area contributed by atoms with Crippen molar-refractivity contribution in [1.82, 2.24) is 0 Å². The van der Waals surface area contributed by atoms with Crippen LogP contribution >= 0.6 is 0 Å². The summed E-state index contributed by atoms with van der Waals surface area (Å²) < 4.78 is 5.29. The molecule has 3 heteroatoms. The van der Waals surface area contributed by atoms with Crippen molar-refractivity contribution >= 4 is 0 Å². The van der Waals surface area contributed by atoms with Crippen molar-refractivity contribution < 1.29 is 4.74 Å². The van der Waals surface area contributed by atoms with Gasteiger partial charge in [-0.1, -0.05) is 30.3 Å². The molecule has 0 aliphatic rings. The van der Waals surface area contributed by atoms with Gasteiger partial charge in [-0.25, -0.2) is 0 Å². The molecule has 0 spiro atoms. The van der Waals surface area contributed by atoms with Crippen LogP contribution in [-0.2, 0) is 11.3 Å². The maximum absolute atomic E-state index is 8.29. The van der Waals surface area contributed by atoms with Crippen LogP contribution in [-0.4, -0.2) is 6.61 Å². The lowest BCUT2D eigenvalue weighted by Crippen LogP contribution is -2.06. The van der Waals surface area contributed by atoms with E-state index in [-0.39, 0.29) is 0 Å². The summed E-state index contributed by atoms with van der Waals surface area (Å²) in [6.07, 6.45) is 1.28. The maximum Gasteiger partial charge on any atom is 0.0931 e. The highest BCUT2D eigenvalue weighted by molar-refractivity contribution is 5.14. The first-order valence-corrected chi connectivity index (χ1v) is 4.28. The highest BCUT2D eigenvalue weighted by atomic mass is 16.5. The first-order chi connectivity index (χ1) is 6.83. The third-order valence-electron chi connectivity index (χ3n) is 1.63. The number of ether oxygens (including phenoxy) is 1. The number of nitrogens with zero attached hydrogens (tertiary/aromatic N) is 1. The van der Waals surface area contributed by atoms with Gasteiger partial charge >= 0.3 is 0 Å². The van der Waals surface area contributed by atoms with Crippen LogP contribution in [0.4, 0.5) is 0 Å². The molecule has 0 aliphatic heterocycles. The predicted octanol–water partition coefficient (Wildman–Crippen LogP) is 1.57. The van der Waals surface area contributed by atoms with Gasteiger partial charge in [-0.15, -0.1) is 0 Å². The Morgan fingerprint density at radius 3 is 2.79 bits per heavy atom. The minimum absolute atomic E-state index is 0.294. The molecule has 0 aliphatic carbocycles. The number of hydrogen-bond acceptors (Lipinski definition) is 3. The van der Waals surface area contributed by atoms with Gasteiger partial charge in [-0.3, -0.25) is 0 Å². The van der Waals surface area contributed by atoms with E-state index in [1.807, 2.05) is 36.4 Å². The molecule has 0 saturated heterocycles. The number of benzene rings is 1. The average Bonchev–Trinajstić information content (AvgIpc) is 2.20. The SMILES string of the molecule is N#C/C=C(\N)COCc1ccccc1. The van der Waals surface area contributed by atoms with E-state index in [2.05, 4.69) is 0 Å². The molecule has 1 aromatic rings. The van der Waals surface area contributed by atoms with Gasteiger partial charge in [0, 0.05) is 11.8 Å². The molecule has 3 nitrogen and oxygen atoms in total. The van der Waals surface area contributed by atoms with Crippen molar-refractivity contribution in [3.05, 3.63) is 47.7 Å². The number of rotatable bonds is 4. The largest absolute Gasteiger partial charge is 0.400 e. The van der Waals surface area contributed by atoms with Crippen LogP contribution in [0.3, 0.4) is 0 Å². The van der Waals surface area contributed by atoms with E-state index in [1.165, 1.54) is 6.08 Å². The lowest BCUT2D eigenvalue weighted by atomic mass is 10.2. The Morgan fingerprint density at radius 1 is 1.43 bits per heavy atom. The van der Waals surface area contributed by atoms with E-state index in [0.29, 0.717) is 18.9 Å². The summed E-state index contributed by atoms with van der Waals surface area (Å²) in [5, 5.41) is 8.29. The molecule has 0 atom stereocenters. The minimum atomic E-state index is 0.294. The molecular formula is C11H12N2O. The Bertz CT molecular complexity index is 338. The van der Waals surface area contributed by atoms with Gasteiger partial charge in [0.2, 0.25) is 0 Å². The van der Waals surface area contributed by atoms with Gasteiger partial charge in [0.15, 0.2) is 0 Å². The highest BCUT2D eigenvalue weighted by Gasteiger charge is 1.92. The minimum Gasteiger partial charge on any atom is -0.400 e. The molecule has 0 unspecified atom stereocenters. The molecule has 1 rings (SSSR count). The lowest BCUT2D eigenvalue weighted by Gasteiger charge is -2.03. The van der Waals surface area contributed by atoms with Crippen LogP contribution in [0.25, 0.3) is 0 Å². The molecule has 0 amide bonds. The summed E-state index contributed by atoms with van der Waals surface area (Å²) >= 11 is 0. The van der Waals surface area contributed by atoms with E-state index < -0.39 is 0 Å². The van der Waals surface area contributed by atoms with Crippen molar-refractivity contribution in [2.45, 2.75) is 6.61 Å². The number of allylic oxidation sites excluding steroid dienone is 1. The monoisotopic (exact) mass is 188 g/mol. The number of nitrogens with two attached hydrogens (primary N) is 1. The molecule has 0 fully saturated rings. The zero-order valence-corrected chi connectivity index (χ0v) is 7.81. The molecule has 14 heavy (non-hydrogen) atoms. The van der Waals surface area contributed by atoms with E-state index in [9.17, 15) is 0 Å². The van der Waals surface area contributed by atoms with Crippen molar-refractivity contribution in [3.63, 3.8) is 0 Å². The van der Waals surface area contributed by atoms with Crippen LogP contribution in [0.15, 0.2) is 42.1 Å². The van der Waals surface area contributed by atoms with Crippen LogP contribution in [0.2, 0.25) is 0 Å². The molecule has 1 aromatic carbocycles. The summed E-state index contributed by atoms with van der Waals surface area (Å²) in [4.78, 5) is 0. The lowest BCUT2D eigenvalue weighted by molar-refractivity contribution is 0.142. The topological polar surface area (TPSA) is 59.0 Å². The first-order valence-electron chi connectivity index (χ1n) is 4.28. The third kappa shape index (κ3) is 3.74. The quantitative estimate of drug-likeness (QED) is 0.729. The smallest absolute Gasteiger partial charge is 0.0931 e. The van der Waals surface area contributed by atoms with Crippen molar-refractivity contribution in [2.75, 3.05) is 6.61 Å². The molecular weight excluding hydrogens is 176 g/mol. The van der Waals surface area contributed by atoms with Gasteiger partial charge in [0.05, 0.1) is 19.3 Å². The highest BCUT2D eigenvalue weighted by Crippen LogP contribution is 2.00. The van der Waals surface area contributed by atoms with Crippen molar-refractivity contribution in [1.29, 1.82) is 5.26 Å². The fourth-order valence-corrected chi connectivity index (χ4v) is 0.986. The number of nitriles is 1. The van der Waals surface area contributed by atoms with Gasteiger partial charge < -0.3 is 10.5 Å². The Hall–Kier alpha value is -1.79. The Balaban J connectivity index is 2.30. The van der Waals surface area contributed by atoms with Gasteiger partial charge in [-0.05, 0) is 5.56 Å². The second-order valence-corrected chi connectivity index (χ2v) is 2.83. The second-order valence-electron chi connectivity index (χ2n) is 2.83. The van der Waals surface area contributed by atoms with E-state index >= 15 is 0 Å². The molecule has 72 valence electrons. The number of hydrogen-bond donors (Lipinski definition) is 1. The predicted molar refractivity (Wildman–Crippen MR) is 54.0 cm³/mol. The average molecular weight is 188 g/mol. The van der Waals surface area contributed by atoms with Crippen molar-refractivity contribution in [3.8, 4) is 6.07 Å². The normalized spacial score (nSPS) is 10.9. The molecule has 0 bridgehead atoms. The second kappa shape index (κ2) is 5.79. The Labute approximate surface area is 83.4 Å². The van der Waals surface area contributed by atoms with Crippen LogP contribution in [0.1, 0.15) is 5.56 Å². The molecule has 0 heterocycles. The van der Waals surface area contributed by atoms with Gasteiger partial charge in [0.25, 0.3) is 0 Å². The molecule has 2 N–H and O–H groups in total. The summed E-state index contributed by atoms with van der Waals surface area (Å²) in [7, 11) is 0. The summed E-state index contributed by atoms with van der Waals surface area (Å²) in [6, 6.07) is 11.7. The van der Waals surface area contributed by atoms with E-state index in [4.69, 9.17) is 15.7 Å². The summed E-state index contributed by atoms with van der Waals surface area (Å²) in [6.45, 7) is 0.809. The van der Waals surface area contributed by atoms with Gasteiger partial charge in [0.1, 0.15) is 0 Å². The third-order valence-corrected chi connectivity index (χ3v) is 1.63. The summed E-state index contributed by atoms with van der Waals surface area (Å²) in [5.41, 5.74) is 7.00. The van der Waals surface area contributed by atoms with E-state index in [0.717, 1.165) is 5.56 Å². The fraction of sp³-hybridized carbons (Fsp3) is 0.182. The fourth-order valence-electron chi connectivity index (χ4n) is 0.986. The zero-order valence-electron chi connectivity index (χ0n) is 7.81.